The zero-order valence-corrected chi connectivity index (χ0v) is 11.8. The lowest BCUT2D eigenvalue weighted by Gasteiger charge is -2.28. The topological polar surface area (TPSA) is 108 Å². The predicted molar refractivity (Wildman–Crippen MR) is 73.2 cm³/mol. The Bertz CT molecular complexity index is 354. The Labute approximate surface area is 118 Å². The van der Waals surface area contributed by atoms with Crippen molar-refractivity contribution in [1.82, 2.24) is 16.0 Å². The van der Waals surface area contributed by atoms with Crippen LogP contribution in [0.4, 0.5) is 4.79 Å². The Morgan fingerprint density at radius 1 is 1.15 bits per heavy atom. The first-order valence-corrected chi connectivity index (χ1v) is 7.08. The van der Waals surface area contributed by atoms with Gasteiger partial charge >= 0.3 is 12.0 Å². The van der Waals surface area contributed by atoms with Crippen LogP contribution in [0.1, 0.15) is 39.0 Å². The first kappa shape index (κ1) is 16.3. The lowest BCUT2D eigenvalue weighted by molar-refractivity contribution is -0.141. The van der Waals surface area contributed by atoms with Gasteiger partial charge in [0, 0.05) is 6.54 Å². The Morgan fingerprint density at radius 2 is 1.80 bits per heavy atom. The molecule has 7 heteroatoms. The highest BCUT2D eigenvalue weighted by atomic mass is 16.4. The number of carbonyl (C=O) groups is 3. The fourth-order valence-corrected chi connectivity index (χ4v) is 2.46. The zero-order valence-electron chi connectivity index (χ0n) is 11.8. The normalized spacial score (nSPS) is 17.1. The molecular weight excluding hydrogens is 262 g/mol. The standard InChI is InChI=1S/C13H23N3O4/c1-2-14-10(17)8-15-13(20)16-11(12(18)19)9-6-4-3-5-7-9/h9,11H,2-8H2,1H3,(H,14,17)(H,18,19)(H2,15,16,20). The molecule has 0 radical (unpaired) electrons. The minimum Gasteiger partial charge on any atom is -0.480 e. The maximum atomic E-state index is 11.6. The second-order valence-electron chi connectivity index (χ2n) is 4.99. The van der Waals surface area contributed by atoms with E-state index in [1.54, 1.807) is 6.92 Å². The Balaban J connectivity index is 2.42. The number of aliphatic carboxylic acids is 1. The molecule has 20 heavy (non-hydrogen) atoms. The number of nitrogens with one attached hydrogen (secondary N) is 3. The van der Waals surface area contributed by atoms with Gasteiger partial charge in [-0.2, -0.15) is 0 Å². The molecule has 0 aromatic rings. The molecule has 3 amide bonds. The summed E-state index contributed by atoms with van der Waals surface area (Å²) in [5, 5.41) is 16.6. The van der Waals surface area contributed by atoms with Crippen molar-refractivity contribution in [3.63, 3.8) is 0 Å². The number of urea groups is 1. The highest BCUT2D eigenvalue weighted by Crippen LogP contribution is 2.26. The second-order valence-corrected chi connectivity index (χ2v) is 4.99. The molecule has 1 aliphatic carbocycles. The van der Waals surface area contributed by atoms with Gasteiger partial charge in [-0.25, -0.2) is 9.59 Å². The summed E-state index contributed by atoms with van der Waals surface area (Å²) < 4.78 is 0. The molecule has 7 nitrogen and oxygen atoms in total. The number of likely N-dealkylation sites (N-methyl/N-ethyl adjacent to an activating group) is 1. The summed E-state index contributed by atoms with van der Waals surface area (Å²) in [5.41, 5.74) is 0. The van der Waals surface area contributed by atoms with Crippen LogP contribution in [0, 0.1) is 5.92 Å². The molecule has 0 aromatic heterocycles. The summed E-state index contributed by atoms with van der Waals surface area (Å²) in [4.78, 5) is 34.1. The van der Waals surface area contributed by atoms with Crippen molar-refractivity contribution in [2.24, 2.45) is 5.92 Å². The largest absolute Gasteiger partial charge is 0.480 e. The molecule has 1 saturated carbocycles. The molecular formula is C13H23N3O4. The molecule has 1 rings (SSSR count). The van der Waals surface area contributed by atoms with Gasteiger partial charge in [-0.15, -0.1) is 0 Å². The molecule has 0 spiro atoms. The molecule has 114 valence electrons. The molecule has 0 saturated heterocycles. The quantitative estimate of drug-likeness (QED) is 0.568. The van der Waals surface area contributed by atoms with Crippen molar-refractivity contribution in [3.05, 3.63) is 0 Å². The highest BCUT2D eigenvalue weighted by Gasteiger charge is 2.30. The number of hydrogen-bond donors (Lipinski definition) is 4. The van der Waals surface area contributed by atoms with E-state index in [2.05, 4.69) is 16.0 Å². The van der Waals surface area contributed by atoms with Crippen LogP contribution in [-0.2, 0) is 9.59 Å². The van der Waals surface area contributed by atoms with E-state index >= 15 is 0 Å². The number of carbonyl (C=O) groups excluding carboxylic acids is 2. The van der Waals surface area contributed by atoms with Crippen LogP contribution in [0.3, 0.4) is 0 Å². The number of amides is 3. The number of carboxylic acid groups (broad SMARTS) is 1. The summed E-state index contributed by atoms with van der Waals surface area (Å²) in [7, 11) is 0. The van der Waals surface area contributed by atoms with Crippen LogP contribution >= 0.6 is 0 Å². The van der Waals surface area contributed by atoms with Gasteiger partial charge in [0.25, 0.3) is 0 Å². The third-order valence-electron chi connectivity index (χ3n) is 3.46. The Morgan fingerprint density at radius 3 is 2.35 bits per heavy atom. The first-order valence-electron chi connectivity index (χ1n) is 7.08. The number of hydrogen-bond acceptors (Lipinski definition) is 3. The highest BCUT2D eigenvalue weighted by molar-refractivity contribution is 5.86. The van der Waals surface area contributed by atoms with Crippen molar-refractivity contribution >= 4 is 17.9 Å². The maximum absolute atomic E-state index is 11.6. The molecule has 0 heterocycles. The monoisotopic (exact) mass is 285 g/mol. The van der Waals surface area contributed by atoms with E-state index in [4.69, 9.17) is 0 Å². The van der Waals surface area contributed by atoms with Crippen LogP contribution < -0.4 is 16.0 Å². The van der Waals surface area contributed by atoms with Gasteiger partial charge in [0.2, 0.25) is 5.91 Å². The molecule has 1 atom stereocenters. The fraction of sp³-hybridized carbons (Fsp3) is 0.769. The van der Waals surface area contributed by atoms with E-state index in [-0.39, 0.29) is 18.4 Å². The Kier molecular flexibility index (Phi) is 6.83. The third kappa shape index (κ3) is 5.46. The van der Waals surface area contributed by atoms with E-state index in [1.165, 1.54) is 0 Å². The minimum atomic E-state index is -1.02. The number of rotatable bonds is 6. The van der Waals surface area contributed by atoms with Crippen molar-refractivity contribution < 1.29 is 19.5 Å². The van der Waals surface area contributed by atoms with Gasteiger partial charge in [-0.3, -0.25) is 4.79 Å². The SMILES string of the molecule is CCNC(=O)CNC(=O)NC(C(=O)O)C1CCCCC1. The average molecular weight is 285 g/mol. The molecule has 0 bridgehead atoms. The van der Waals surface area contributed by atoms with Crippen LogP contribution in [0.25, 0.3) is 0 Å². The lowest BCUT2D eigenvalue weighted by atomic mass is 9.84. The van der Waals surface area contributed by atoms with Crippen molar-refractivity contribution in [3.8, 4) is 0 Å². The molecule has 4 N–H and O–H groups in total. The summed E-state index contributed by atoms with van der Waals surface area (Å²) in [6.07, 6.45) is 4.74. The third-order valence-corrected chi connectivity index (χ3v) is 3.46. The zero-order chi connectivity index (χ0) is 15.0. The van der Waals surface area contributed by atoms with Gasteiger partial charge in [-0.1, -0.05) is 19.3 Å². The van der Waals surface area contributed by atoms with E-state index in [0.29, 0.717) is 6.54 Å². The Hall–Kier alpha value is -1.79. The van der Waals surface area contributed by atoms with Crippen LogP contribution in [0.5, 0.6) is 0 Å². The molecule has 0 aromatic carbocycles. The molecule has 1 aliphatic rings. The predicted octanol–water partition coefficient (Wildman–Crippen LogP) is 0.455. The molecule has 0 aliphatic heterocycles. The first-order chi connectivity index (χ1) is 9.54. The van der Waals surface area contributed by atoms with Crippen LogP contribution in [0.15, 0.2) is 0 Å². The molecule has 1 fully saturated rings. The van der Waals surface area contributed by atoms with E-state index in [0.717, 1.165) is 32.1 Å². The lowest BCUT2D eigenvalue weighted by Crippen LogP contribution is -2.51. The second kappa shape index (κ2) is 8.39. The van der Waals surface area contributed by atoms with Crippen molar-refractivity contribution in [2.45, 2.75) is 45.1 Å². The van der Waals surface area contributed by atoms with Crippen molar-refractivity contribution in [1.29, 1.82) is 0 Å². The van der Waals surface area contributed by atoms with Gasteiger partial charge < -0.3 is 21.1 Å². The summed E-state index contributed by atoms with van der Waals surface area (Å²) in [6, 6.07) is -1.50. The van der Waals surface area contributed by atoms with E-state index in [9.17, 15) is 19.5 Å². The van der Waals surface area contributed by atoms with Gasteiger partial charge in [0.15, 0.2) is 0 Å². The van der Waals surface area contributed by atoms with Crippen LogP contribution in [0.2, 0.25) is 0 Å². The number of carboxylic acids is 1. The van der Waals surface area contributed by atoms with E-state index in [1.807, 2.05) is 0 Å². The van der Waals surface area contributed by atoms with Gasteiger partial charge in [0.1, 0.15) is 6.04 Å². The van der Waals surface area contributed by atoms with E-state index < -0.39 is 18.0 Å². The molecule has 1 unspecified atom stereocenters. The minimum absolute atomic E-state index is 0.0310. The maximum Gasteiger partial charge on any atom is 0.326 e. The van der Waals surface area contributed by atoms with Crippen LogP contribution in [-0.4, -0.2) is 42.1 Å². The summed E-state index contributed by atoms with van der Waals surface area (Å²) in [6.45, 7) is 2.11. The van der Waals surface area contributed by atoms with Gasteiger partial charge in [0.05, 0.1) is 6.54 Å². The smallest absolute Gasteiger partial charge is 0.326 e. The van der Waals surface area contributed by atoms with Crippen molar-refractivity contribution in [2.75, 3.05) is 13.1 Å². The summed E-state index contributed by atoms with van der Waals surface area (Å²) in [5.74, 6) is -1.35. The summed E-state index contributed by atoms with van der Waals surface area (Å²) >= 11 is 0. The van der Waals surface area contributed by atoms with Gasteiger partial charge in [-0.05, 0) is 25.7 Å². The average Bonchev–Trinajstić information content (AvgIpc) is 2.43. The fourth-order valence-electron chi connectivity index (χ4n) is 2.46.